The SMILES string of the molecule is COc1cc(C)c(/C=C/CCC(C)=O)cc1C(C)C. The molecule has 0 spiro atoms. The average Bonchev–Trinajstić information content (AvgIpc) is 2.34. The standard InChI is InChI=1S/C17H24O2/c1-12(2)16-11-15(9-7-6-8-14(4)18)13(3)10-17(16)19-5/h7,9-12H,6,8H2,1-5H3/b9-7+. The van der Waals surface area contributed by atoms with Crippen LogP contribution >= 0.6 is 0 Å². The molecule has 2 heteroatoms. The number of carbonyl (C=O) groups excluding carboxylic acids is 1. The van der Waals surface area contributed by atoms with Gasteiger partial charge in [0.05, 0.1) is 7.11 Å². The number of Topliss-reactive ketones (excluding diaryl/α,β-unsaturated/α-hetero) is 1. The first-order valence-corrected chi connectivity index (χ1v) is 6.80. The van der Waals surface area contributed by atoms with Crippen LogP contribution in [0.1, 0.15) is 56.2 Å². The van der Waals surface area contributed by atoms with Crippen LogP contribution < -0.4 is 4.74 Å². The first-order valence-electron chi connectivity index (χ1n) is 6.80. The van der Waals surface area contributed by atoms with Gasteiger partial charge in [-0.15, -0.1) is 0 Å². The number of hydrogen-bond donors (Lipinski definition) is 0. The molecular formula is C17H24O2. The smallest absolute Gasteiger partial charge is 0.130 e. The number of allylic oxidation sites excluding steroid dienone is 1. The zero-order valence-corrected chi connectivity index (χ0v) is 12.6. The normalized spacial score (nSPS) is 11.3. The van der Waals surface area contributed by atoms with Gasteiger partial charge < -0.3 is 9.53 Å². The molecule has 1 aromatic rings. The quantitative estimate of drug-likeness (QED) is 0.752. The predicted octanol–water partition coefficient (Wildman–Crippen LogP) is 4.51. The minimum absolute atomic E-state index is 0.235. The Morgan fingerprint density at radius 1 is 1.37 bits per heavy atom. The molecule has 0 saturated heterocycles. The Morgan fingerprint density at radius 3 is 2.58 bits per heavy atom. The molecular weight excluding hydrogens is 236 g/mol. The second-order valence-corrected chi connectivity index (χ2v) is 5.25. The van der Waals surface area contributed by atoms with Gasteiger partial charge in [0.1, 0.15) is 11.5 Å². The molecule has 0 aromatic heterocycles. The minimum Gasteiger partial charge on any atom is -0.496 e. The summed E-state index contributed by atoms with van der Waals surface area (Å²) < 4.78 is 5.43. The van der Waals surface area contributed by atoms with Crippen LogP contribution in [-0.4, -0.2) is 12.9 Å². The van der Waals surface area contributed by atoms with Crippen molar-refractivity contribution in [3.63, 3.8) is 0 Å². The summed E-state index contributed by atoms with van der Waals surface area (Å²) in [6.07, 6.45) is 5.59. The molecule has 2 nitrogen and oxygen atoms in total. The second kappa shape index (κ2) is 7.13. The number of methoxy groups -OCH3 is 1. The highest BCUT2D eigenvalue weighted by Gasteiger charge is 2.09. The third-order valence-electron chi connectivity index (χ3n) is 3.20. The Balaban J connectivity index is 2.95. The van der Waals surface area contributed by atoms with E-state index in [1.54, 1.807) is 14.0 Å². The van der Waals surface area contributed by atoms with E-state index in [0.717, 1.165) is 12.2 Å². The maximum Gasteiger partial charge on any atom is 0.130 e. The molecule has 1 aromatic carbocycles. The van der Waals surface area contributed by atoms with Crippen LogP contribution in [0.5, 0.6) is 5.75 Å². The highest BCUT2D eigenvalue weighted by atomic mass is 16.5. The van der Waals surface area contributed by atoms with Crippen molar-refractivity contribution in [2.24, 2.45) is 0 Å². The van der Waals surface area contributed by atoms with Crippen molar-refractivity contribution in [3.8, 4) is 5.75 Å². The van der Waals surface area contributed by atoms with Gasteiger partial charge in [0.15, 0.2) is 0 Å². The lowest BCUT2D eigenvalue weighted by Gasteiger charge is -2.14. The van der Waals surface area contributed by atoms with Gasteiger partial charge in [0.25, 0.3) is 0 Å². The lowest BCUT2D eigenvalue weighted by molar-refractivity contribution is -0.116. The molecule has 0 aliphatic carbocycles. The van der Waals surface area contributed by atoms with E-state index in [-0.39, 0.29) is 5.78 Å². The topological polar surface area (TPSA) is 26.3 Å². The predicted molar refractivity (Wildman–Crippen MR) is 80.8 cm³/mol. The summed E-state index contributed by atoms with van der Waals surface area (Å²) in [5, 5.41) is 0. The molecule has 0 aliphatic heterocycles. The number of rotatable bonds is 6. The number of aryl methyl sites for hydroxylation is 1. The van der Waals surface area contributed by atoms with E-state index in [9.17, 15) is 4.79 Å². The van der Waals surface area contributed by atoms with Gasteiger partial charge >= 0.3 is 0 Å². The fourth-order valence-corrected chi connectivity index (χ4v) is 2.02. The van der Waals surface area contributed by atoms with Crippen LogP contribution in [-0.2, 0) is 4.79 Å². The summed E-state index contributed by atoms with van der Waals surface area (Å²) >= 11 is 0. The van der Waals surface area contributed by atoms with Gasteiger partial charge in [-0.2, -0.15) is 0 Å². The molecule has 0 saturated carbocycles. The van der Waals surface area contributed by atoms with Crippen molar-refractivity contribution >= 4 is 11.9 Å². The molecule has 1 rings (SSSR count). The molecule has 0 atom stereocenters. The van der Waals surface area contributed by atoms with Crippen LogP contribution in [0.15, 0.2) is 18.2 Å². The van der Waals surface area contributed by atoms with Gasteiger partial charge in [-0.3, -0.25) is 0 Å². The molecule has 19 heavy (non-hydrogen) atoms. The molecule has 0 radical (unpaired) electrons. The van der Waals surface area contributed by atoms with Crippen molar-refractivity contribution in [1.29, 1.82) is 0 Å². The summed E-state index contributed by atoms with van der Waals surface area (Å²) in [6, 6.07) is 4.27. The van der Waals surface area contributed by atoms with Crippen LogP contribution in [0.3, 0.4) is 0 Å². The van der Waals surface area contributed by atoms with E-state index in [1.165, 1.54) is 16.7 Å². The van der Waals surface area contributed by atoms with Gasteiger partial charge in [0.2, 0.25) is 0 Å². The van der Waals surface area contributed by atoms with Crippen molar-refractivity contribution in [2.45, 2.75) is 46.5 Å². The largest absolute Gasteiger partial charge is 0.496 e. The van der Waals surface area contributed by atoms with Crippen molar-refractivity contribution in [2.75, 3.05) is 7.11 Å². The Kier molecular flexibility index (Phi) is 5.81. The summed E-state index contributed by atoms with van der Waals surface area (Å²) in [6.45, 7) is 8.04. The van der Waals surface area contributed by atoms with E-state index < -0.39 is 0 Å². The highest BCUT2D eigenvalue weighted by Crippen LogP contribution is 2.30. The molecule has 0 amide bonds. The minimum atomic E-state index is 0.235. The zero-order valence-electron chi connectivity index (χ0n) is 12.6. The molecule has 0 fully saturated rings. The molecule has 0 heterocycles. The number of carbonyl (C=O) groups is 1. The van der Waals surface area contributed by atoms with Crippen LogP contribution in [0.4, 0.5) is 0 Å². The fraction of sp³-hybridized carbons (Fsp3) is 0.471. The molecule has 0 N–H and O–H groups in total. The van der Waals surface area contributed by atoms with Crippen LogP contribution in [0, 0.1) is 6.92 Å². The molecule has 0 aliphatic rings. The van der Waals surface area contributed by atoms with Crippen molar-refractivity contribution in [1.82, 2.24) is 0 Å². The monoisotopic (exact) mass is 260 g/mol. The van der Waals surface area contributed by atoms with E-state index in [0.29, 0.717) is 12.3 Å². The first kappa shape index (κ1) is 15.5. The van der Waals surface area contributed by atoms with E-state index in [1.807, 2.05) is 0 Å². The average molecular weight is 260 g/mol. The highest BCUT2D eigenvalue weighted by molar-refractivity contribution is 5.75. The number of ketones is 1. The Morgan fingerprint density at radius 2 is 2.05 bits per heavy atom. The molecule has 104 valence electrons. The van der Waals surface area contributed by atoms with E-state index >= 15 is 0 Å². The number of hydrogen-bond acceptors (Lipinski definition) is 2. The van der Waals surface area contributed by atoms with E-state index in [4.69, 9.17) is 4.74 Å². The van der Waals surface area contributed by atoms with E-state index in [2.05, 4.69) is 45.1 Å². The Labute approximate surface area is 116 Å². The number of ether oxygens (including phenoxy) is 1. The Hall–Kier alpha value is -1.57. The lowest BCUT2D eigenvalue weighted by Crippen LogP contribution is -1.97. The van der Waals surface area contributed by atoms with Crippen LogP contribution in [0.25, 0.3) is 6.08 Å². The fourth-order valence-electron chi connectivity index (χ4n) is 2.02. The Bertz CT molecular complexity index is 470. The van der Waals surface area contributed by atoms with Gasteiger partial charge in [0, 0.05) is 6.42 Å². The lowest BCUT2D eigenvalue weighted by atomic mass is 9.96. The maximum atomic E-state index is 10.9. The van der Waals surface area contributed by atoms with Crippen molar-refractivity contribution < 1.29 is 9.53 Å². The first-order chi connectivity index (χ1) is 8.95. The maximum absolute atomic E-state index is 10.9. The third kappa shape index (κ3) is 4.55. The van der Waals surface area contributed by atoms with Crippen molar-refractivity contribution in [3.05, 3.63) is 34.9 Å². The third-order valence-corrected chi connectivity index (χ3v) is 3.20. The van der Waals surface area contributed by atoms with Gasteiger partial charge in [-0.25, -0.2) is 0 Å². The summed E-state index contributed by atoms with van der Waals surface area (Å²) in [5.41, 5.74) is 3.62. The molecule has 0 unspecified atom stereocenters. The summed E-state index contributed by atoms with van der Waals surface area (Å²) in [4.78, 5) is 10.9. The second-order valence-electron chi connectivity index (χ2n) is 5.25. The molecule has 0 bridgehead atoms. The summed E-state index contributed by atoms with van der Waals surface area (Å²) in [5.74, 6) is 1.62. The van der Waals surface area contributed by atoms with Crippen LogP contribution in [0.2, 0.25) is 0 Å². The zero-order chi connectivity index (χ0) is 14.4. The summed E-state index contributed by atoms with van der Waals surface area (Å²) in [7, 11) is 1.71. The number of benzene rings is 1. The van der Waals surface area contributed by atoms with Gasteiger partial charge in [-0.05, 0) is 55.0 Å². The van der Waals surface area contributed by atoms with Gasteiger partial charge in [-0.1, -0.05) is 26.0 Å².